The average molecular weight is 369 g/mol. The van der Waals surface area contributed by atoms with E-state index in [1.807, 2.05) is 23.1 Å². The molecule has 0 radical (unpaired) electrons. The Morgan fingerprint density at radius 2 is 1.96 bits per heavy atom. The quantitative estimate of drug-likeness (QED) is 0.762. The Labute approximate surface area is 160 Å². The summed E-state index contributed by atoms with van der Waals surface area (Å²) >= 11 is 0. The number of hydrogen-bond donors (Lipinski definition) is 1. The Bertz CT molecular complexity index is 799. The molecule has 0 aliphatic carbocycles. The fourth-order valence-electron chi connectivity index (χ4n) is 3.62. The molecule has 2 heterocycles. The van der Waals surface area contributed by atoms with Gasteiger partial charge >= 0.3 is 0 Å². The van der Waals surface area contributed by atoms with E-state index in [-0.39, 0.29) is 30.7 Å². The first-order chi connectivity index (χ1) is 13.1. The number of ether oxygens (including phenoxy) is 1. The molecule has 1 aliphatic heterocycles. The van der Waals surface area contributed by atoms with Gasteiger partial charge in [-0.1, -0.05) is 24.3 Å². The average Bonchev–Trinajstić information content (AvgIpc) is 3.15. The zero-order chi connectivity index (χ0) is 19.2. The highest BCUT2D eigenvalue weighted by Gasteiger charge is 2.32. The predicted molar refractivity (Wildman–Crippen MR) is 103 cm³/mol. The molecule has 1 aromatic carbocycles. The van der Waals surface area contributed by atoms with Crippen LogP contribution in [0, 0.1) is 6.92 Å². The summed E-state index contributed by atoms with van der Waals surface area (Å²) in [5, 5.41) is 2.77. The van der Waals surface area contributed by atoms with Gasteiger partial charge in [0.1, 0.15) is 0 Å². The van der Waals surface area contributed by atoms with E-state index >= 15 is 0 Å². The maximum atomic E-state index is 13.0. The summed E-state index contributed by atoms with van der Waals surface area (Å²) in [6.07, 6.45) is 2.47. The minimum Gasteiger partial charge on any atom is -0.383 e. The standard InChI is InChI=1S/C21H27N3O3/c1-16-6-3-4-7-17(16)21-18-8-5-12-23(18)13-14-24(21)20(26)10-9-19(25)22-11-15-27-2/h3-8,12,21H,9-11,13-15H2,1-2H3,(H,22,25)/t21-/m0/s1. The molecule has 0 saturated heterocycles. The minimum absolute atomic E-state index is 0.0117. The number of carbonyl (C=O) groups is 2. The van der Waals surface area contributed by atoms with Crippen LogP contribution in [-0.2, 0) is 20.9 Å². The van der Waals surface area contributed by atoms with Crippen molar-refractivity contribution >= 4 is 11.8 Å². The van der Waals surface area contributed by atoms with Gasteiger partial charge in [0.25, 0.3) is 0 Å². The zero-order valence-electron chi connectivity index (χ0n) is 16.0. The van der Waals surface area contributed by atoms with E-state index in [4.69, 9.17) is 4.74 Å². The topological polar surface area (TPSA) is 63.6 Å². The number of methoxy groups -OCH3 is 1. The molecule has 2 aromatic rings. The van der Waals surface area contributed by atoms with Crippen molar-refractivity contribution < 1.29 is 14.3 Å². The second-order valence-electron chi connectivity index (χ2n) is 6.82. The van der Waals surface area contributed by atoms with E-state index in [0.717, 1.165) is 23.4 Å². The molecule has 2 amide bonds. The Morgan fingerprint density at radius 3 is 2.74 bits per heavy atom. The van der Waals surface area contributed by atoms with E-state index in [1.54, 1.807) is 7.11 Å². The Balaban J connectivity index is 1.74. The first-order valence-corrected chi connectivity index (χ1v) is 9.37. The number of hydrogen-bond acceptors (Lipinski definition) is 3. The molecule has 0 fully saturated rings. The van der Waals surface area contributed by atoms with Crippen LogP contribution >= 0.6 is 0 Å². The summed E-state index contributed by atoms with van der Waals surface area (Å²) < 4.78 is 7.13. The van der Waals surface area contributed by atoms with Crippen LogP contribution in [0.15, 0.2) is 42.6 Å². The lowest BCUT2D eigenvalue weighted by Gasteiger charge is -2.38. The summed E-state index contributed by atoms with van der Waals surface area (Å²) in [6.45, 7) is 4.43. The van der Waals surface area contributed by atoms with E-state index < -0.39 is 0 Å². The third kappa shape index (κ3) is 4.39. The minimum atomic E-state index is -0.117. The lowest BCUT2D eigenvalue weighted by atomic mass is 9.95. The fourth-order valence-corrected chi connectivity index (χ4v) is 3.62. The Kier molecular flexibility index (Phi) is 6.29. The third-order valence-corrected chi connectivity index (χ3v) is 5.04. The molecule has 6 nitrogen and oxygen atoms in total. The molecular weight excluding hydrogens is 342 g/mol. The molecule has 1 aliphatic rings. The van der Waals surface area contributed by atoms with Crippen molar-refractivity contribution in [2.75, 3.05) is 26.8 Å². The van der Waals surface area contributed by atoms with Crippen LogP contribution in [0.1, 0.15) is 35.7 Å². The molecule has 6 heteroatoms. The van der Waals surface area contributed by atoms with Gasteiger partial charge in [0.05, 0.1) is 12.6 Å². The molecule has 3 rings (SSSR count). The summed E-state index contributed by atoms with van der Waals surface area (Å²) in [5.41, 5.74) is 3.41. The van der Waals surface area contributed by atoms with Gasteiger partial charge in [-0.3, -0.25) is 9.59 Å². The number of carbonyl (C=O) groups excluding carboxylic acids is 2. The van der Waals surface area contributed by atoms with E-state index in [0.29, 0.717) is 19.7 Å². The van der Waals surface area contributed by atoms with Gasteiger partial charge in [0.2, 0.25) is 11.8 Å². The molecule has 0 bridgehead atoms. The normalized spacial score (nSPS) is 16.1. The molecule has 1 N–H and O–H groups in total. The van der Waals surface area contributed by atoms with Crippen LogP contribution in [0.4, 0.5) is 0 Å². The second-order valence-corrected chi connectivity index (χ2v) is 6.82. The van der Waals surface area contributed by atoms with Crippen molar-refractivity contribution in [3.05, 3.63) is 59.4 Å². The van der Waals surface area contributed by atoms with Gasteiger partial charge in [-0.2, -0.15) is 0 Å². The summed E-state index contributed by atoms with van der Waals surface area (Å²) in [7, 11) is 1.59. The third-order valence-electron chi connectivity index (χ3n) is 5.04. The van der Waals surface area contributed by atoms with E-state index in [2.05, 4.69) is 41.2 Å². The number of rotatable bonds is 7. The number of aromatic nitrogens is 1. The SMILES string of the molecule is COCCNC(=O)CCC(=O)N1CCn2cccc2[C@@H]1c1ccccc1C. The Morgan fingerprint density at radius 1 is 1.15 bits per heavy atom. The van der Waals surface area contributed by atoms with Crippen LogP contribution in [0.3, 0.4) is 0 Å². The lowest BCUT2D eigenvalue weighted by Crippen LogP contribution is -2.43. The van der Waals surface area contributed by atoms with Crippen LogP contribution in [-0.4, -0.2) is 48.1 Å². The van der Waals surface area contributed by atoms with Gasteiger partial charge in [0, 0.05) is 51.5 Å². The number of fused-ring (bicyclic) bond motifs is 1. The summed E-state index contributed by atoms with van der Waals surface area (Å²) in [4.78, 5) is 26.8. The number of nitrogens with one attached hydrogen (secondary N) is 1. The predicted octanol–water partition coefficient (Wildman–Crippen LogP) is 2.27. The Hall–Kier alpha value is -2.60. The maximum absolute atomic E-state index is 13.0. The van der Waals surface area contributed by atoms with Crippen molar-refractivity contribution in [1.29, 1.82) is 0 Å². The van der Waals surface area contributed by atoms with Crippen molar-refractivity contribution in [3.63, 3.8) is 0 Å². The summed E-state index contributed by atoms with van der Waals surface area (Å²) in [6, 6.07) is 12.2. The van der Waals surface area contributed by atoms with Crippen molar-refractivity contribution in [2.45, 2.75) is 32.4 Å². The van der Waals surface area contributed by atoms with Crippen LogP contribution in [0.2, 0.25) is 0 Å². The number of benzene rings is 1. The van der Waals surface area contributed by atoms with Crippen LogP contribution in [0.5, 0.6) is 0 Å². The maximum Gasteiger partial charge on any atom is 0.223 e. The highest BCUT2D eigenvalue weighted by molar-refractivity contribution is 5.84. The highest BCUT2D eigenvalue weighted by atomic mass is 16.5. The van der Waals surface area contributed by atoms with Gasteiger partial charge in [-0.15, -0.1) is 0 Å². The monoisotopic (exact) mass is 369 g/mol. The molecule has 0 spiro atoms. The number of aryl methyl sites for hydroxylation is 1. The van der Waals surface area contributed by atoms with Crippen LogP contribution < -0.4 is 5.32 Å². The van der Waals surface area contributed by atoms with Crippen molar-refractivity contribution in [2.24, 2.45) is 0 Å². The van der Waals surface area contributed by atoms with E-state index in [9.17, 15) is 9.59 Å². The second kappa shape index (κ2) is 8.86. The van der Waals surface area contributed by atoms with Gasteiger partial charge < -0.3 is 19.5 Å². The molecule has 1 aromatic heterocycles. The highest BCUT2D eigenvalue weighted by Crippen LogP contribution is 2.34. The largest absolute Gasteiger partial charge is 0.383 e. The van der Waals surface area contributed by atoms with Crippen molar-refractivity contribution in [3.8, 4) is 0 Å². The smallest absolute Gasteiger partial charge is 0.223 e. The van der Waals surface area contributed by atoms with E-state index in [1.165, 1.54) is 0 Å². The first-order valence-electron chi connectivity index (χ1n) is 9.37. The van der Waals surface area contributed by atoms with Gasteiger partial charge in [-0.05, 0) is 30.2 Å². The van der Waals surface area contributed by atoms with Crippen LogP contribution in [0.25, 0.3) is 0 Å². The molecule has 144 valence electrons. The van der Waals surface area contributed by atoms with Crippen molar-refractivity contribution in [1.82, 2.24) is 14.8 Å². The first kappa shape index (κ1) is 19.2. The zero-order valence-corrected chi connectivity index (χ0v) is 16.0. The molecular formula is C21H27N3O3. The number of amides is 2. The molecule has 1 atom stereocenters. The summed E-state index contributed by atoms with van der Waals surface area (Å²) in [5.74, 6) is -0.106. The van der Waals surface area contributed by atoms with Gasteiger partial charge in [-0.25, -0.2) is 0 Å². The number of nitrogens with zero attached hydrogens (tertiary/aromatic N) is 2. The van der Waals surface area contributed by atoms with Gasteiger partial charge in [0.15, 0.2) is 0 Å². The molecule has 27 heavy (non-hydrogen) atoms. The lowest BCUT2D eigenvalue weighted by molar-refractivity contribution is -0.136. The molecule has 0 saturated carbocycles. The molecule has 0 unspecified atom stereocenters. The fraction of sp³-hybridized carbons (Fsp3) is 0.429.